The predicted octanol–water partition coefficient (Wildman–Crippen LogP) is 3.37. The summed E-state index contributed by atoms with van der Waals surface area (Å²) in [7, 11) is 0. The number of halogens is 6. The van der Waals surface area contributed by atoms with Gasteiger partial charge in [-0.2, -0.15) is 8.78 Å². The molecule has 0 aliphatic carbocycles. The number of benzene rings is 1. The summed E-state index contributed by atoms with van der Waals surface area (Å²) in [6.45, 7) is -1.47. The van der Waals surface area contributed by atoms with Gasteiger partial charge in [-0.25, -0.2) is 17.6 Å². The first-order valence-electron chi connectivity index (χ1n) is 5.38. The third kappa shape index (κ3) is 3.72. The van der Waals surface area contributed by atoms with Crippen molar-refractivity contribution in [3.8, 4) is 0 Å². The molecule has 0 atom stereocenters. The molecule has 0 saturated carbocycles. The molecule has 0 heterocycles. The van der Waals surface area contributed by atoms with Gasteiger partial charge < -0.3 is 4.74 Å². The standard InChI is InChI=1S/C12H10F6O2/c1-6-2-3-7(10(14)9(6)13)8(19)4-20-5-12(17,18)11(15)16/h2-3,11H,4-5H2,1H3. The molecule has 0 aromatic heterocycles. The molecule has 8 heteroatoms. The first-order valence-corrected chi connectivity index (χ1v) is 5.38. The second-order valence-corrected chi connectivity index (χ2v) is 4.04. The van der Waals surface area contributed by atoms with Gasteiger partial charge in [-0.05, 0) is 18.6 Å². The molecule has 0 fully saturated rings. The number of carbonyl (C=O) groups excluding carboxylic acids is 1. The molecule has 0 aliphatic heterocycles. The zero-order valence-corrected chi connectivity index (χ0v) is 10.2. The Labute approximate surface area is 110 Å². The maximum absolute atomic E-state index is 13.4. The SMILES string of the molecule is Cc1ccc(C(=O)COCC(F)(F)C(F)F)c(F)c1F. The molecule has 0 aliphatic rings. The Morgan fingerprint density at radius 1 is 1.25 bits per heavy atom. The van der Waals surface area contributed by atoms with Gasteiger partial charge in [0.25, 0.3) is 0 Å². The summed E-state index contributed by atoms with van der Waals surface area (Å²) >= 11 is 0. The monoisotopic (exact) mass is 300 g/mol. The van der Waals surface area contributed by atoms with Crippen LogP contribution in [0.5, 0.6) is 0 Å². The van der Waals surface area contributed by atoms with Crippen LogP contribution in [0.2, 0.25) is 0 Å². The van der Waals surface area contributed by atoms with E-state index < -0.39 is 48.5 Å². The number of rotatable bonds is 6. The molecule has 0 N–H and O–H groups in total. The Balaban J connectivity index is 2.67. The Hall–Kier alpha value is -1.57. The molecule has 0 unspecified atom stereocenters. The lowest BCUT2D eigenvalue weighted by Gasteiger charge is -2.14. The fourth-order valence-electron chi connectivity index (χ4n) is 1.28. The van der Waals surface area contributed by atoms with Crippen LogP contribution in [0.4, 0.5) is 26.3 Å². The highest BCUT2D eigenvalue weighted by Crippen LogP contribution is 2.23. The molecule has 0 amide bonds. The van der Waals surface area contributed by atoms with Gasteiger partial charge in [0, 0.05) is 0 Å². The second-order valence-electron chi connectivity index (χ2n) is 4.04. The van der Waals surface area contributed by atoms with Crippen molar-refractivity contribution < 1.29 is 35.9 Å². The van der Waals surface area contributed by atoms with Gasteiger partial charge >= 0.3 is 12.3 Å². The van der Waals surface area contributed by atoms with Crippen molar-refractivity contribution in [2.45, 2.75) is 19.3 Å². The van der Waals surface area contributed by atoms with Gasteiger partial charge in [0.1, 0.15) is 13.2 Å². The number of hydrogen-bond donors (Lipinski definition) is 0. The predicted molar refractivity (Wildman–Crippen MR) is 57.2 cm³/mol. The highest BCUT2D eigenvalue weighted by molar-refractivity contribution is 5.97. The number of Topliss-reactive ketones (excluding diaryl/α,β-unsaturated/α-hetero) is 1. The lowest BCUT2D eigenvalue weighted by atomic mass is 10.1. The van der Waals surface area contributed by atoms with E-state index in [-0.39, 0.29) is 5.56 Å². The maximum Gasteiger partial charge on any atom is 0.330 e. The van der Waals surface area contributed by atoms with E-state index >= 15 is 0 Å². The zero-order valence-electron chi connectivity index (χ0n) is 10.2. The van der Waals surface area contributed by atoms with E-state index in [0.717, 1.165) is 12.1 Å². The first-order chi connectivity index (χ1) is 9.16. The molecule has 0 spiro atoms. The largest absolute Gasteiger partial charge is 0.367 e. The highest BCUT2D eigenvalue weighted by Gasteiger charge is 2.41. The number of alkyl halides is 4. The fraction of sp³-hybridized carbons (Fsp3) is 0.417. The molecule has 0 radical (unpaired) electrons. The normalized spacial score (nSPS) is 12.0. The Bertz CT molecular complexity index is 501. The summed E-state index contributed by atoms with van der Waals surface area (Å²) in [5.41, 5.74) is -0.724. The molecule has 1 aromatic rings. The van der Waals surface area contributed by atoms with Gasteiger partial charge in [0.05, 0.1) is 5.56 Å². The molecule has 0 bridgehead atoms. The maximum atomic E-state index is 13.4. The lowest BCUT2D eigenvalue weighted by Crippen LogP contribution is -2.33. The number of hydrogen-bond acceptors (Lipinski definition) is 2. The van der Waals surface area contributed by atoms with Crippen molar-refractivity contribution in [2.75, 3.05) is 13.2 Å². The lowest BCUT2D eigenvalue weighted by molar-refractivity contribution is -0.163. The van der Waals surface area contributed by atoms with Crippen LogP contribution in [0, 0.1) is 18.6 Å². The number of ketones is 1. The summed E-state index contributed by atoms with van der Waals surface area (Å²) in [4.78, 5) is 11.4. The van der Waals surface area contributed by atoms with E-state index in [2.05, 4.69) is 4.74 Å². The zero-order chi connectivity index (χ0) is 15.5. The van der Waals surface area contributed by atoms with Gasteiger partial charge in [0.2, 0.25) is 0 Å². The van der Waals surface area contributed by atoms with E-state index in [0.29, 0.717) is 0 Å². The van der Waals surface area contributed by atoms with Crippen molar-refractivity contribution in [3.63, 3.8) is 0 Å². The summed E-state index contributed by atoms with van der Waals surface area (Å²) in [6.07, 6.45) is -3.94. The minimum Gasteiger partial charge on any atom is -0.367 e. The van der Waals surface area contributed by atoms with Crippen LogP contribution in [-0.2, 0) is 4.74 Å². The number of ether oxygens (including phenoxy) is 1. The molecular formula is C12H10F6O2. The number of carbonyl (C=O) groups is 1. The molecule has 20 heavy (non-hydrogen) atoms. The minimum absolute atomic E-state index is 0.0378. The van der Waals surface area contributed by atoms with Crippen LogP contribution in [-0.4, -0.2) is 31.3 Å². The Morgan fingerprint density at radius 2 is 1.85 bits per heavy atom. The van der Waals surface area contributed by atoms with Crippen LogP contribution in [0.25, 0.3) is 0 Å². The second kappa shape index (κ2) is 6.25. The minimum atomic E-state index is -4.41. The van der Waals surface area contributed by atoms with E-state index in [4.69, 9.17) is 0 Å². The van der Waals surface area contributed by atoms with Gasteiger partial charge in [-0.3, -0.25) is 4.79 Å². The Morgan fingerprint density at radius 3 is 2.40 bits per heavy atom. The van der Waals surface area contributed by atoms with Crippen molar-refractivity contribution >= 4 is 5.78 Å². The van der Waals surface area contributed by atoms with E-state index in [1.807, 2.05) is 0 Å². The quantitative estimate of drug-likeness (QED) is 0.595. The van der Waals surface area contributed by atoms with E-state index in [1.54, 1.807) is 0 Å². The first kappa shape index (κ1) is 16.5. The topological polar surface area (TPSA) is 26.3 Å². The smallest absolute Gasteiger partial charge is 0.330 e. The third-order valence-electron chi connectivity index (χ3n) is 2.42. The van der Waals surface area contributed by atoms with E-state index in [9.17, 15) is 31.1 Å². The van der Waals surface area contributed by atoms with Crippen molar-refractivity contribution in [3.05, 3.63) is 34.9 Å². The van der Waals surface area contributed by atoms with Crippen LogP contribution < -0.4 is 0 Å². The summed E-state index contributed by atoms with van der Waals surface area (Å²) in [5, 5.41) is 0. The summed E-state index contributed by atoms with van der Waals surface area (Å²) in [5.74, 6) is -8.20. The van der Waals surface area contributed by atoms with Crippen molar-refractivity contribution in [1.29, 1.82) is 0 Å². The van der Waals surface area contributed by atoms with E-state index in [1.165, 1.54) is 6.92 Å². The molecular weight excluding hydrogens is 290 g/mol. The average Bonchev–Trinajstić information content (AvgIpc) is 2.35. The number of aryl methyl sites for hydroxylation is 1. The van der Waals surface area contributed by atoms with Crippen molar-refractivity contribution in [2.24, 2.45) is 0 Å². The van der Waals surface area contributed by atoms with Crippen molar-refractivity contribution in [1.82, 2.24) is 0 Å². The molecule has 0 saturated heterocycles. The molecule has 112 valence electrons. The third-order valence-corrected chi connectivity index (χ3v) is 2.42. The fourth-order valence-corrected chi connectivity index (χ4v) is 1.28. The van der Waals surface area contributed by atoms with Crippen LogP contribution in [0.3, 0.4) is 0 Å². The molecule has 1 aromatic carbocycles. The van der Waals surface area contributed by atoms with Crippen LogP contribution in [0.15, 0.2) is 12.1 Å². The van der Waals surface area contributed by atoms with Crippen LogP contribution in [0.1, 0.15) is 15.9 Å². The highest BCUT2D eigenvalue weighted by atomic mass is 19.3. The summed E-state index contributed by atoms with van der Waals surface area (Å²) < 4.78 is 79.2. The Kier molecular flexibility index (Phi) is 5.15. The summed E-state index contributed by atoms with van der Waals surface area (Å²) in [6, 6.07) is 2.09. The van der Waals surface area contributed by atoms with Gasteiger partial charge in [0.15, 0.2) is 17.4 Å². The van der Waals surface area contributed by atoms with Gasteiger partial charge in [-0.1, -0.05) is 6.07 Å². The molecule has 2 nitrogen and oxygen atoms in total. The average molecular weight is 300 g/mol. The van der Waals surface area contributed by atoms with Crippen LogP contribution >= 0.6 is 0 Å². The van der Waals surface area contributed by atoms with Gasteiger partial charge in [-0.15, -0.1) is 0 Å². The molecule has 1 rings (SSSR count).